The minimum Gasteiger partial charge on any atom is -0.453 e. The number of non-ortho nitro benzene ring substituents is 1. The Labute approximate surface area is 143 Å². The van der Waals surface area contributed by atoms with E-state index in [-0.39, 0.29) is 11.4 Å². The normalized spacial score (nSPS) is 10.9. The third-order valence-corrected chi connectivity index (χ3v) is 4.60. The molecular weight excluding hydrogens is 347 g/mol. The number of ether oxygens (including phenoxy) is 1. The van der Waals surface area contributed by atoms with E-state index in [0.717, 1.165) is 15.6 Å². The van der Waals surface area contributed by atoms with Gasteiger partial charge in [-0.1, -0.05) is 0 Å². The molecule has 0 spiro atoms. The molecule has 9 heteroatoms. The number of pyridine rings is 1. The molecule has 0 saturated heterocycles. The fourth-order valence-corrected chi connectivity index (χ4v) is 3.34. The highest BCUT2D eigenvalue weighted by atomic mass is 32.1. The monoisotopic (exact) mass is 356 g/mol. The number of nitrogens with zero attached hydrogens (tertiary/aromatic N) is 3. The first-order valence-electron chi connectivity index (χ1n) is 7.12. The van der Waals surface area contributed by atoms with E-state index < -0.39 is 10.7 Å². The molecule has 0 aliphatic heterocycles. The maximum atomic E-state index is 14.1. The molecule has 7 nitrogen and oxygen atoms in total. The minimum atomic E-state index is -0.804. The van der Waals surface area contributed by atoms with Gasteiger partial charge in [-0.05, 0) is 12.1 Å². The van der Waals surface area contributed by atoms with Crippen LogP contribution in [-0.4, -0.2) is 19.9 Å². The van der Waals surface area contributed by atoms with Crippen LogP contribution < -0.4 is 4.74 Å². The van der Waals surface area contributed by atoms with E-state index in [1.165, 1.54) is 23.5 Å². The van der Waals surface area contributed by atoms with Gasteiger partial charge in [-0.25, -0.2) is 9.37 Å². The van der Waals surface area contributed by atoms with Gasteiger partial charge in [0.05, 0.1) is 26.1 Å². The Kier molecular flexibility index (Phi) is 3.62. The van der Waals surface area contributed by atoms with Gasteiger partial charge in [0.25, 0.3) is 5.69 Å². The predicted octanol–water partition coefficient (Wildman–Crippen LogP) is 4.53. The van der Waals surface area contributed by atoms with Crippen molar-refractivity contribution >= 4 is 27.2 Å². The maximum Gasteiger partial charge on any atom is 0.272 e. The maximum absolute atomic E-state index is 14.1. The molecule has 0 radical (unpaired) electrons. The van der Waals surface area contributed by atoms with Crippen LogP contribution in [0.1, 0.15) is 0 Å². The first-order chi connectivity index (χ1) is 12.1. The van der Waals surface area contributed by atoms with Crippen molar-refractivity contribution < 1.29 is 14.1 Å². The van der Waals surface area contributed by atoms with Gasteiger partial charge < -0.3 is 9.72 Å². The Morgan fingerprint density at radius 3 is 2.76 bits per heavy atom. The lowest BCUT2D eigenvalue weighted by Gasteiger charge is -2.07. The summed E-state index contributed by atoms with van der Waals surface area (Å²) in [6.07, 6.45) is 4.92. The zero-order chi connectivity index (χ0) is 17.4. The molecular formula is C16H9FN4O3S. The summed E-state index contributed by atoms with van der Waals surface area (Å²) in [5.74, 6) is 0.226. The first-order valence-corrected chi connectivity index (χ1v) is 7.93. The third-order valence-electron chi connectivity index (χ3n) is 3.45. The molecule has 4 rings (SSSR count). The summed E-state index contributed by atoms with van der Waals surface area (Å²) in [4.78, 5) is 22.4. The standard InChI is InChI=1S/C16H9FN4O3S/c17-10-7-9(21(22)23)1-2-12(10)24-13-3-4-18-11-8-14(25-15(11)13)16-19-5-6-20-16/h1-8H,(H,19,20). The van der Waals surface area contributed by atoms with E-state index in [2.05, 4.69) is 15.0 Å². The zero-order valence-electron chi connectivity index (χ0n) is 12.5. The molecule has 0 atom stereocenters. The molecule has 0 saturated carbocycles. The lowest BCUT2D eigenvalue weighted by Crippen LogP contribution is -1.92. The van der Waals surface area contributed by atoms with Crippen LogP contribution in [0.4, 0.5) is 10.1 Å². The molecule has 3 aromatic heterocycles. The van der Waals surface area contributed by atoms with Crippen LogP contribution in [-0.2, 0) is 0 Å². The third kappa shape index (κ3) is 2.81. The van der Waals surface area contributed by atoms with Crippen molar-refractivity contribution in [2.24, 2.45) is 0 Å². The highest BCUT2D eigenvalue weighted by Crippen LogP contribution is 2.38. The fourth-order valence-electron chi connectivity index (χ4n) is 2.32. The summed E-state index contributed by atoms with van der Waals surface area (Å²) in [7, 11) is 0. The summed E-state index contributed by atoms with van der Waals surface area (Å²) >= 11 is 1.40. The number of aromatic nitrogens is 3. The first kappa shape index (κ1) is 15.2. The van der Waals surface area contributed by atoms with Crippen molar-refractivity contribution in [3.8, 4) is 22.2 Å². The Hall–Kier alpha value is -3.33. The van der Waals surface area contributed by atoms with Crippen LogP contribution >= 0.6 is 11.3 Å². The van der Waals surface area contributed by atoms with Crippen LogP contribution in [0.15, 0.2) is 48.9 Å². The van der Waals surface area contributed by atoms with Crippen molar-refractivity contribution in [1.82, 2.24) is 15.0 Å². The summed E-state index contributed by atoms with van der Waals surface area (Å²) in [6.45, 7) is 0. The lowest BCUT2D eigenvalue weighted by molar-refractivity contribution is -0.385. The zero-order valence-corrected chi connectivity index (χ0v) is 13.3. The van der Waals surface area contributed by atoms with Crippen molar-refractivity contribution in [2.75, 3.05) is 0 Å². The number of hydrogen-bond donors (Lipinski definition) is 1. The van der Waals surface area contributed by atoms with Crippen LogP contribution in [0.2, 0.25) is 0 Å². The number of nitrogens with one attached hydrogen (secondary N) is 1. The van der Waals surface area contributed by atoms with Crippen molar-refractivity contribution in [3.63, 3.8) is 0 Å². The number of nitro groups is 1. The van der Waals surface area contributed by atoms with E-state index in [9.17, 15) is 14.5 Å². The van der Waals surface area contributed by atoms with Gasteiger partial charge in [0.2, 0.25) is 0 Å². The second-order valence-corrected chi connectivity index (χ2v) is 6.10. The van der Waals surface area contributed by atoms with Gasteiger partial charge in [-0.15, -0.1) is 11.3 Å². The summed E-state index contributed by atoms with van der Waals surface area (Å²) in [6, 6.07) is 6.74. The molecule has 1 N–H and O–H groups in total. The average Bonchev–Trinajstić information content (AvgIpc) is 3.25. The van der Waals surface area contributed by atoms with E-state index in [1.807, 2.05) is 6.07 Å². The molecule has 0 bridgehead atoms. The minimum absolute atomic E-state index is 0.0916. The molecule has 3 heterocycles. The predicted molar refractivity (Wildman–Crippen MR) is 90.3 cm³/mol. The quantitative estimate of drug-likeness (QED) is 0.428. The van der Waals surface area contributed by atoms with Gasteiger partial charge in [0, 0.05) is 30.7 Å². The average molecular weight is 356 g/mol. The number of H-pyrrole nitrogens is 1. The Morgan fingerprint density at radius 1 is 1.16 bits per heavy atom. The van der Waals surface area contributed by atoms with Crippen LogP contribution in [0.3, 0.4) is 0 Å². The lowest BCUT2D eigenvalue weighted by atomic mass is 10.3. The number of hydrogen-bond acceptors (Lipinski definition) is 6. The van der Waals surface area contributed by atoms with Gasteiger partial charge in [0.1, 0.15) is 11.6 Å². The number of imidazole rings is 1. The van der Waals surface area contributed by atoms with Crippen molar-refractivity contribution in [3.05, 3.63) is 64.9 Å². The SMILES string of the molecule is O=[N+]([O-])c1ccc(Oc2ccnc3cc(-c4ncc[nH]4)sc23)c(F)c1. The topological polar surface area (TPSA) is 93.9 Å². The molecule has 25 heavy (non-hydrogen) atoms. The Bertz CT molecular complexity index is 1080. The highest BCUT2D eigenvalue weighted by Gasteiger charge is 2.15. The number of nitro benzene ring substituents is 1. The molecule has 1 aromatic carbocycles. The second-order valence-electron chi connectivity index (χ2n) is 5.05. The number of fused-ring (bicyclic) bond motifs is 1. The summed E-state index contributed by atoms with van der Waals surface area (Å²) < 4.78 is 20.4. The number of halogens is 1. The number of benzene rings is 1. The number of rotatable bonds is 4. The largest absolute Gasteiger partial charge is 0.453 e. The molecule has 124 valence electrons. The Balaban J connectivity index is 1.73. The second kappa shape index (κ2) is 5.95. The van der Waals surface area contributed by atoms with Gasteiger partial charge >= 0.3 is 0 Å². The fraction of sp³-hybridized carbons (Fsp3) is 0. The van der Waals surface area contributed by atoms with E-state index >= 15 is 0 Å². The number of aromatic amines is 1. The van der Waals surface area contributed by atoms with Gasteiger partial charge in [-0.3, -0.25) is 15.1 Å². The van der Waals surface area contributed by atoms with Gasteiger partial charge in [0.15, 0.2) is 11.6 Å². The molecule has 0 amide bonds. The molecule has 0 unspecified atom stereocenters. The molecule has 0 aliphatic rings. The Morgan fingerprint density at radius 2 is 2.04 bits per heavy atom. The van der Waals surface area contributed by atoms with Crippen LogP contribution in [0, 0.1) is 15.9 Å². The van der Waals surface area contributed by atoms with Crippen molar-refractivity contribution in [1.29, 1.82) is 0 Å². The van der Waals surface area contributed by atoms with Gasteiger partial charge in [-0.2, -0.15) is 0 Å². The number of thiophene rings is 1. The molecule has 4 aromatic rings. The van der Waals surface area contributed by atoms with Crippen molar-refractivity contribution in [2.45, 2.75) is 0 Å². The smallest absolute Gasteiger partial charge is 0.272 e. The molecule has 0 aliphatic carbocycles. The van der Waals surface area contributed by atoms with E-state index in [1.54, 1.807) is 24.7 Å². The molecule has 0 fully saturated rings. The summed E-state index contributed by atoms with van der Waals surface area (Å²) in [5.41, 5.74) is 0.358. The van der Waals surface area contributed by atoms with Crippen LogP contribution in [0.5, 0.6) is 11.5 Å². The van der Waals surface area contributed by atoms with E-state index in [0.29, 0.717) is 17.1 Å². The highest BCUT2D eigenvalue weighted by molar-refractivity contribution is 7.22. The van der Waals surface area contributed by atoms with E-state index in [4.69, 9.17) is 4.74 Å². The van der Waals surface area contributed by atoms with Crippen LogP contribution in [0.25, 0.3) is 20.9 Å². The summed E-state index contributed by atoms with van der Waals surface area (Å²) in [5, 5.41) is 10.7.